The summed E-state index contributed by atoms with van der Waals surface area (Å²) in [6.07, 6.45) is -2.93. The standard InChI is InChI=1S/C21H22F3N3O4S/c1-14(30-2)10-11-32(28,29)27(17-6-4-3-5-7-17)13-16-9-8-15(12-18(16)22)20-25-26-21(31-20)19(23)24/h3-9,12,14,19H,10-11,13H2,1-2H3. The molecule has 0 aliphatic rings. The molecule has 0 saturated heterocycles. The number of halogens is 3. The van der Waals surface area contributed by atoms with Crippen LogP contribution in [0.1, 0.15) is 31.2 Å². The molecule has 0 saturated carbocycles. The normalized spacial score (nSPS) is 12.8. The number of alkyl halides is 2. The van der Waals surface area contributed by atoms with Crippen molar-refractivity contribution in [2.45, 2.75) is 32.4 Å². The number of sulfonamides is 1. The summed E-state index contributed by atoms with van der Waals surface area (Å²) in [6, 6.07) is 12.2. The van der Waals surface area contributed by atoms with Gasteiger partial charge in [0.25, 0.3) is 5.89 Å². The largest absolute Gasteiger partial charge is 0.415 e. The van der Waals surface area contributed by atoms with Crippen LogP contribution in [0.2, 0.25) is 0 Å². The van der Waals surface area contributed by atoms with Crippen LogP contribution in [0.25, 0.3) is 11.5 Å². The Morgan fingerprint density at radius 2 is 1.84 bits per heavy atom. The molecular formula is C21H22F3N3O4S. The van der Waals surface area contributed by atoms with Gasteiger partial charge in [0.05, 0.1) is 24.1 Å². The van der Waals surface area contributed by atoms with E-state index in [9.17, 15) is 21.6 Å². The van der Waals surface area contributed by atoms with Gasteiger partial charge in [-0.1, -0.05) is 24.3 Å². The highest BCUT2D eigenvalue weighted by molar-refractivity contribution is 7.92. The molecule has 2 aromatic carbocycles. The van der Waals surface area contributed by atoms with Crippen LogP contribution in [0.3, 0.4) is 0 Å². The van der Waals surface area contributed by atoms with Gasteiger partial charge in [-0.2, -0.15) is 8.78 Å². The number of nitrogens with zero attached hydrogens (tertiary/aromatic N) is 3. The van der Waals surface area contributed by atoms with Gasteiger partial charge in [0, 0.05) is 18.2 Å². The zero-order chi connectivity index (χ0) is 23.3. The van der Waals surface area contributed by atoms with Gasteiger partial charge < -0.3 is 9.15 Å². The highest BCUT2D eigenvalue weighted by Gasteiger charge is 2.25. The molecule has 3 aromatic rings. The van der Waals surface area contributed by atoms with E-state index in [0.29, 0.717) is 5.69 Å². The van der Waals surface area contributed by atoms with Crippen LogP contribution in [-0.2, 0) is 21.3 Å². The highest BCUT2D eigenvalue weighted by Crippen LogP contribution is 2.27. The van der Waals surface area contributed by atoms with Crippen LogP contribution in [0.15, 0.2) is 52.9 Å². The Labute approximate surface area is 183 Å². The summed E-state index contributed by atoms with van der Waals surface area (Å²) in [5, 5.41) is 6.71. The zero-order valence-electron chi connectivity index (χ0n) is 17.4. The Hall–Kier alpha value is -2.92. The van der Waals surface area contributed by atoms with Crippen LogP contribution < -0.4 is 4.31 Å². The van der Waals surface area contributed by atoms with Crippen molar-refractivity contribution in [3.05, 3.63) is 65.8 Å². The summed E-state index contributed by atoms with van der Waals surface area (Å²) in [4.78, 5) is 0. The van der Waals surface area contributed by atoms with E-state index in [1.54, 1.807) is 37.3 Å². The van der Waals surface area contributed by atoms with Gasteiger partial charge in [-0.25, -0.2) is 12.8 Å². The van der Waals surface area contributed by atoms with Crippen molar-refractivity contribution in [1.29, 1.82) is 0 Å². The van der Waals surface area contributed by atoms with Crippen molar-refractivity contribution in [2.75, 3.05) is 17.2 Å². The summed E-state index contributed by atoms with van der Waals surface area (Å²) in [6.45, 7) is 1.50. The first-order chi connectivity index (χ1) is 15.2. The van der Waals surface area contributed by atoms with Crippen molar-refractivity contribution in [1.82, 2.24) is 10.2 Å². The fourth-order valence-electron chi connectivity index (χ4n) is 2.89. The van der Waals surface area contributed by atoms with Crippen molar-refractivity contribution >= 4 is 15.7 Å². The van der Waals surface area contributed by atoms with Gasteiger partial charge in [-0.15, -0.1) is 10.2 Å². The first kappa shape index (κ1) is 23.7. The van der Waals surface area contributed by atoms with Crippen LogP contribution in [0.4, 0.5) is 18.9 Å². The lowest BCUT2D eigenvalue weighted by Crippen LogP contribution is -2.34. The lowest BCUT2D eigenvalue weighted by Gasteiger charge is -2.25. The monoisotopic (exact) mass is 469 g/mol. The third-order valence-corrected chi connectivity index (χ3v) is 6.57. The van der Waals surface area contributed by atoms with Crippen molar-refractivity contribution < 1.29 is 30.7 Å². The molecule has 11 heteroatoms. The van der Waals surface area contributed by atoms with E-state index < -0.39 is 28.2 Å². The van der Waals surface area contributed by atoms with Crippen LogP contribution in [0.5, 0.6) is 0 Å². The number of hydrogen-bond donors (Lipinski definition) is 0. The van der Waals surface area contributed by atoms with Gasteiger partial charge in [0.1, 0.15) is 5.82 Å². The van der Waals surface area contributed by atoms with Gasteiger partial charge in [0.2, 0.25) is 15.9 Å². The molecule has 1 heterocycles. The fraction of sp³-hybridized carbons (Fsp3) is 0.333. The summed E-state index contributed by atoms with van der Waals surface area (Å²) in [5.41, 5.74) is 0.586. The number of hydrogen-bond acceptors (Lipinski definition) is 6. The van der Waals surface area contributed by atoms with E-state index in [4.69, 9.17) is 9.15 Å². The highest BCUT2D eigenvalue weighted by atomic mass is 32.2. The first-order valence-electron chi connectivity index (χ1n) is 9.70. The van der Waals surface area contributed by atoms with Gasteiger partial charge in [-0.05, 0) is 37.6 Å². The fourth-order valence-corrected chi connectivity index (χ4v) is 4.52. The summed E-state index contributed by atoms with van der Waals surface area (Å²) < 4.78 is 77.4. The Morgan fingerprint density at radius 1 is 1.12 bits per heavy atom. The topological polar surface area (TPSA) is 85.5 Å². The van der Waals surface area contributed by atoms with Gasteiger partial charge in [-0.3, -0.25) is 4.31 Å². The second kappa shape index (κ2) is 10.1. The first-order valence-corrected chi connectivity index (χ1v) is 11.3. The Morgan fingerprint density at radius 3 is 2.44 bits per heavy atom. The quantitative estimate of drug-likeness (QED) is 0.432. The molecule has 7 nitrogen and oxygen atoms in total. The van der Waals surface area contributed by atoms with E-state index in [-0.39, 0.29) is 41.8 Å². The summed E-state index contributed by atoms with van der Waals surface area (Å²) in [5.74, 6) is -2.04. The maximum atomic E-state index is 14.9. The third kappa shape index (κ3) is 5.65. The molecule has 32 heavy (non-hydrogen) atoms. The van der Waals surface area contributed by atoms with Crippen LogP contribution in [-0.4, -0.2) is 37.6 Å². The van der Waals surface area contributed by atoms with Crippen molar-refractivity contribution in [3.8, 4) is 11.5 Å². The molecule has 0 aliphatic carbocycles. The minimum atomic E-state index is -3.80. The van der Waals surface area contributed by atoms with Crippen LogP contribution in [0, 0.1) is 5.82 Å². The molecule has 0 spiro atoms. The molecule has 0 aliphatic heterocycles. The molecule has 0 bridgehead atoms. The second-order valence-electron chi connectivity index (χ2n) is 7.05. The summed E-state index contributed by atoms with van der Waals surface area (Å²) in [7, 11) is -2.30. The average molecular weight is 469 g/mol. The van der Waals surface area contributed by atoms with E-state index in [0.717, 1.165) is 10.4 Å². The van der Waals surface area contributed by atoms with E-state index in [1.807, 2.05) is 0 Å². The average Bonchev–Trinajstić information content (AvgIpc) is 3.28. The lowest BCUT2D eigenvalue weighted by molar-refractivity contribution is 0.115. The van der Waals surface area contributed by atoms with Gasteiger partial charge in [0.15, 0.2) is 0 Å². The van der Waals surface area contributed by atoms with Gasteiger partial charge >= 0.3 is 6.43 Å². The van der Waals surface area contributed by atoms with Crippen molar-refractivity contribution in [2.24, 2.45) is 0 Å². The minimum Gasteiger partial charge on any atom is -0.415 e. The summed E-state index contributed by atoms with van der Waals surface area (Å²) >= 11 is 0. The molecule has 0 N–H and O–H groups in total. The number of aromatic nitrogens is 2. The Kier molecular flexibility index (Phi) is 7.52. The number of ether oxygens (including phenoxy) is 1. The minimum absolute atomic E-state index is 0.0922. The molecule has 0 radical (unpaired) electrons. The zero-order valence-corrected chi connectivity index (χ0v) is 18.2. The molecule has 1 atom stereocenters. The number of anilines is 1. The molecule has 0 fully saturated rings. The lowest BCUT2D eigenvalue weighted by atomic mass is 10.1. The molecular weight excluding hydrogens is 447 g/mol. The third-order valence-electron chi connectivity index (χ3n) is 4.81. The Bertz CT molecular complexity index is 1140. The number of rotatable bonds is 10. The predicted octanol–water partition coefficient (Wildman–Crippen LogP) is 4.57. The second-order valence-corrected chi connectivity index (χ2v) is 9.06. The number of benzene rings is 2. The Balaban J connectivity index is 1.89. The molecule has 172 valence electrons. The molecule has 3 rings (SSSR count). The van der Waals surface area contributed by atoms with E-state index in [1.165, 1.54) is 19.2 Å². The van der Waals surface area contributed by atoms with E-state index in [2.05, 4.69) is 10.2 Å². The molecule has 1 unspecified atom stereocenters. The predicted molar refractivity (Wildman–Crippen MR) is 112 cm³/mol. The van der Waals surface area contributed by atoms with Crippen molar-refractivity contribution in [3.63, 3.8) is 0 Å². The maximum absolute atomic E-state index is 14.9. The van der Waals surface area contributed by atoms with E-state index >= 15 is 0 Å². The number of methoxy groups -OCH3 is 1. The smallest absolute Gasteiger partial charge is 0.314 e. The molecule has 0 amide bonds. The maximum Gasteiger partial charge on any atom is 0.314 e. The molecule has 1 aromatic heterocycles. The van der Waals surface area contributed by atoms with Crippen LogP contribution >= 0.6 is 0 Å². The number of para-hydroxylation sites is 1. The SMILES string of the molecule is COC(C)CCS(=O)(=O)N(Cc1ccc(-c2nnc(C(F)F)o2)cc1F)c1ccccc1.